The molecule has 0 spiro atoms. The summed E-state index contributed by atoms with van der Waals surface area (Å²) in [6.07, 6.45) is 4.13. The lowest BCUT2D eigenvalue weighted by molar-refractivity contribution is 0.0950. The first-order chi connectivity index (χ1) is 12.6. The molecule has 3 heterocycles. The molecule has 2 aromatic rings. The molecular weight excluding hydrogens is 334 g/mol. The first kappa shape index (κ1) is 18.1. The second kappa shape index (κ2) is 8.62. The number of amides is 1. The van der Waals surface area contributed by atoms with Crippen LogP contribution in [0.15, 0.2) is 36.7 Å². The van der Waals surface area contributed by atoms with E-state index in [9.17, 15) is 4.79 Å². The molecule has 2 aromatic heterocycles. The van der Waals surface area contributed by atoms with Crippen LogP contribution >= 0.6 is 0 Å². The molecule has 0 aliphatic carbocycles. The summed E-state index contributed by atoms with van der Waals surface area (Å²) < 4.78 is 16.5. The number of nitrogens with one attached hydrogen (secondary N) is 1. The molecule has 0 aromatic carbocycles. The molecule has 1 saturated heterocycles. The van der Waals surface area contributed by atoms with E-state index in [0.717, 1.165) is 12.0 Å². The van der Waals surface area contributed by atoms with E-state index < -0.39 is 0 Å². The van der Waals surface area contributed by atoms with Crippen molar-refractivity contribution in [2.24, 2.45) is 0 Å². The largest absolute Gasteiger partial charge is 0.475 e. The van der Waals surface area contributed by atoms with Crippen LogP contribution in [0.3, 0.4) is 0 Å². The number of carbonyl (C=O) groups is 1. The van der Waals surface area contributed by atoms with Gasteiger partial charge in [-0.2, -0.15) is 0 Å². The Morgan fingerprint density at radius 2 is 2.19 bits per heavy atom. The number of pyridine rings is 2. The van der Waals surface area contributed by atoms with E-state index >= 15 is 0 Å². The van der Waals surface area contributed by atoms with Gasteiger partial charge in [0.25, 0.3) is 5.91 Å². The zero-order valence-electron chi connectivity index (χ0n) is 15.0. The van der Waals surface area contributed by atoms with Gasteiger partial charge in [0.05, 0.1) is 24.9 Å². The molecule has 0 bridgehead atoms. The van der Waals surface area contributed by atoms with Crippen LogP contribution < -0.4 is 14.8 Å². The van der Waals surface area contributed by atoms with E-state index in [-0.39, 0.29) is 18.1 Å². The van der Waals surface area contributed by atoms with Crippen LogP contribution in [0.25, 0.3) is 0 Å². The van der Waals surface area contributed by atoms with Crippen LogP contribution in [-0.2, 0) is 11.3 Å². The third-order valence-corrected chi connectivity index (χ3v) is 3.78. The van der Waals surface area contributed by atoms with Gasteiger partial charge >= 0.3 is 0 Å². The van der Waals surface area contributed by atoms with Crippen molar-refractivity contribution in [2.45, 2.75) is 39.0 Å². The Balaban J connectivity index is 1.53. The Labute approximate surface area is 152 Å². The maximum absolute atomic E-state index is 12.3. The molecule has 1 N–H and O–H groups in total. The van der Waals surface area contributed by atoms with E-state index in [2.05, 4.69) is 15.3 Å². The second-order valence-corrected chi connectivity index (χ2v) is 6.34. The molecule has 1 aliphatic rings. The van der Waals surface area contributed by atoms with Crippen LogP contribution in [0, 0.1) is 0 Å². The monoisotopic (exact) mass is 357 g/mol. The smallest absolute Gasteiger partial charge is 0.253 e. The minimum atomic E-state index is -0.198. The van der Waals surface area contributed by atoms with E-state index in [1.807, 2.05) is 26.0 Å². The zero-order valence-corrected chi connectivity index (χ0v) is 15.0. The molecule has 0 saturated carbocycles. The Hall–Kier alpha value is -2.67. The topological polar surface area (TPSA) is 82.6 Å². The number of hydrogen-bond acceptors (Lipinski definition) is 6. The summed E-state index contributed by atoms with van der Waals surface area (Å²) in [5, 5.41) is 2.87. The van der Waals surface area contributed by atoms with Crippen molar-refractivity contribution in [1.82, 2.24) is 15.3 Å². The number of nitrogens with zero attached hydrogens (tertiary/aromatic N) is 2. The fraction of sp³-hybridized carbons (Fsp3) is 0.421. The fourth-order valence-corrected chi connectivity index (χ4v) is 2.51. The molecule has 3 rings (SSSR count). The van der Waals surface area contributed by atoms with Crippen LogP contribution in [0.4, 0.5) is 0 Å². The molecule has 1 amide bonds. The van der Waals surface area contributed by atoms with Crippen LogP contribution in [-0.4, -0.2) is 41.3 Å². The summed E-state index contributed by atoms with van der Waals surface area (Å²) in [6, 6.07) is 7.06. The lowest BCUT2D eigenvalue weighted by atomic mass is 10.2. The predicted molar refractivity (Wildman–Crippen MR) is 95.3 cm³/mol. The van der Waals surface area contributed by atoms with Crippen molar-refractivity contribution < 1.29 is 19.0 Å². The highest BCUT2D eigenvalue weighted by Gasteiger charge is 2.17. The first-order valence-corrected chi connectivity index (χ1v) is 8.70. The highest BCUT2D eigenvalue weighted by Crippen LogP contribution is 2.15. The summed E-state index contributed by atoms with van der Waals surface area (Å²) in [4.78, 5) is 20.6. The number of ether oxygens (including phenoxy) is 3. The normalized spacial score (nSPS) is 16.5. The predicted octanol–water partition coefficient (Wildman–Crippen LogP) is 2.36. The highest BCUT2D eigenvalue weighted by molar-refractivity contribution is 5.93. The van der Waals surface area contributed by atoms with E-state index in [1.54, 1.807) is 18.3 Å². The highest BCUT2D eigenvalue weighted by atomic mass is 16.5. The molecule has 7 nitrogen and oxygen atoms in total. The van der Waals surface area contributed by atoms with Gasteiger partial charge in [0.2, 0.25) is 11.8 Å². The molecule has 138 valence electrons. The van der Waals surface area contributed by atoms with Gasteiger partial charge in [-0.1, -0.05) is 0 Å². The first-order valence-electron chi connectivity index (χ1n) is 8.70. The van der Waals surface area contributed by atoms with E-state index in [1.165, 1.54) is 6.20 Å². The fourth-order valence-electron chi connectivity index (χ4n) is 2.51. The van der Waals surface area contributed by atoms with E-state index in [0.29, 0.717) is 37.1 Å². The van der Waals surface area contributed by atoms with Gasteiger partial charge in [-0.25, -0.2) is 9.97 Å². The third-order valence-electron chi connectivity index (χ3n) is 3.78. The number of hydrogen-bond donors (Lipinski definition) is 1. The van der Waals surface area contributed by atoms with E-state index in [4.69, 9.17) is 14.2 Å². The maximum atomic E-state index is 12.3. The minimum Gasteiger partial charge on any atom is -0.475 e. The molecule has 1 aliphatic heterocycles. The van der Waals surface area contributed by atoms with Gasteiger partial charge in [-0.15, -0.1) is 0 Å². The third kappa shape index (κ3) is 5.16. The molecule has 1 unspecified atom stereocenters. The summed E-state index contributed by atoms with van der Waals surface area (Å²) in [7, 11) is 0. The lowest BCUT2D eigenvalue weighted by Gasteiger charge is -2.11. The standard InChI is InChI=1S/C19H23N3O4/c1-13(2)25-18-9-14(5-7-20-18)10-22-19(23)15-3-4-17(21-11-15)26-16-6-8-24-12-16/h3-5,7,9,11,13,16H,6,8,10,12H2,1-2H3,(H,22,23). The van der Waals surface area contributed by atoms with Crippen molar-refractivity contribution in [3.63, 3.8) is 0 Å². The van der Waals surface area contributed by atoms with Crippen molar-refractivity contribution in [1.29, 1.82) is 0 Å². The summed E-state index contributed by atoms with van der Waals surface area (Å²) in [5.41, 5.74) is 1.39. The molecule has 26 heavy (non-hydrogen) atoms. The van der Waals surface area contributed by atoms with Crippen LogP contribution in [0.5, 0.6) is 11.8 Å². The minimum absolute atomic E-state index is 0.0381. The average Bonchev–Trinajstić information content (AvgIpc) is 3.13. The average molecular weight is 357 g/mol. The number of rotatable bonds is 7. The zero-order chi connectivity index (χ0) is 18.4. The molecular formula is C19H23N3O4. The van der Waals surface area contributed by atoms with Gasteiger partial charge in [0, 0.05) is 37.5 Å². The Kier molecular flexibility index (Phi) is 6.01. The van der Waals surface area contributed by atoms with Crippen molar-refractivity contribution in [3.05, 3.63) is 47.8 Å². The van der Waals surface area contributed by atoms with Gasteiger partial charge in [0.15, 0.2) is 0 Å². The Bertz CT molecular complexity index is 728. The van der Waals surface area contributed by atoms with Crippen molar-refractivity contribution >= 4 is 5.91 Å². The van der Waals surface area contributed by atoms with Gasteiger partial charge in [-0.3, -0.25) is 4.79 Å². The van der Waals surface area contributed by atoms with Crippen molar-refractivity contribution in [3.8, 4) is 11.8 Å². The van der Waals surface area contributed by atoms with Gasteiger partial charge < -0.3 is 19.5 Å². The lowest BCUT2D eigenvalue weighted by Crippen LogP contribution is -2.23. The number of aromatic nitrogens is 2. The molecule has 1 fully saturated rings. The molecule has 1 atom stereocenters. The summed E-state index contributed by atoms with van der Waals surface area (Å²) in [5.74, 6) is 0.851. The van der Waals surface area contributed by atoms with Crippen LogP contribution in [0.1, 0.15) is 36.2 Å². The van der Waals surface area contributed by atoms with Crippen LogP contribution in [0.2, 0.25) is 0 Å². The molecule has 0 radical (unpaired) electrons. The van der Waals surface area contributed by atoms with Crippen molar-refractivity contribution in [2.75, 3.05) is 13.2 Å². The van der Waals surface area contributed by atoms with Gasteiger partial charge in [-0.05, 0) is 31.5 Å². The second-order valence-electron chi connectivity index (χ2n) is 6.34. The number of carbonyl (C=O) groups excluding carboxylic acids is 1. The summed E-state index contributed by atoms with van der Waals surface area (Å²) >= 11 is 0. The Morgan fingerprint density at radius 3 is 2.88 bits per heavy atom. The maximum Gasteiger partial charge on any atom is 0.253 e. The summed E-state index contributed by atoms with van der Waals surface area (Å²) in [6.45, 7) is 5.56. The Morgan fingerprint density at radius 1 is 1.31 bits per heavy atom. The quantitative estimate of drug-likeness (QED) is 0.819. The SMILES string of the molecule is CC(C)Oc1cc(CNC(=O)c2ccc(OC3CCOC3)nc2)ccn1. The van der Waals surface area contributed by atoms with Gasteiger partial charge in [0.1, 0.15) is 6.10 Å². The molecule has 7 heteroatoms.